The van der Waals surface area contributed by atoms with E-state index >= 15 is 0 Å². The van der Waals surface area contributed by atoms with Gasteiger partial charge in [-0.05, 0) is 19.3 Å². The maximum absolute atomic E-state index is 13.1. The molecule has 1 N–H and O–H groups in total. The quantitative estimate of drug-likeness (QED) is 0.888. The van der Waals surface area contributed by atoms with Gasteiger partial charge >= 0.3 is 12.2 Å². The molecule has 0 aliphatic carbocycles. The third-order valence-electron chi connectivity index (χ3n) is 4.06. The Morgan fingerprint density at radius 2 is 1.72 bits per heavy atom. The highest BCUT2D eigenvalue weighted by Gasteiger charge is 2.46. The SMILES string of the molecule is COc1cc(NC(=O)N2CCCCC2C(F)(F)F)cc(OC)c1OC. The Kier molecular flexibility index (Phi) is 5.86. The molecule has 0 radical (unpaired) electrons. The zero-order valence-electron chi connectivity index (χ0n) is 14.3. The Labute approximate surface area is 143 Å². The first kappa shape index (κ1) is 19.0. The van der Waals surface area contributed by atoms with E-state index in [0.717, 1.165) is 4.90 Å². The fraction of sp³-hybridized carbons (Fsp3) is 0.562. The molecule has 9 heteroatoms. The number of methoxy groups -OCH3 is 3. The number of carbonyl (C=O) groups excluding carboxylic acids is 1. The van der Waals surface area contributed by atoms with E-state index in [4.69, 9.17) is 14.2 Å². The first-order chi connectivity index (χ1) is 11.8. The standard InChI is InChI=1S/C16H21F3N2O4/c1-23-11-8-10(9-12(24-2)14(11)25-3)20-15(22)21-7-5-4-6-13(21)16(17,18)19/h8-9,13H,4-7H2,1-3H3,(H,20,22). The van der Waals surface area contributed by atoms with Crippen LogP contribution in [0.2, 0.25) is 0 Å². The monoisotopic (exact) mass is 362 g/mol. The molecule has 0 bridgehead atoms. The van der Waals surface area contributed by atoms with Gasteiger partial charge in [0.2, 0.25) is 5.75 Å². The Bertz CT molecular complexity index is 597. The number of carbonyl (C=O) groups is 1. The molecule has 1 aliphatic rings. The fourth-order valence-electron chi connectivity index (χ4n) is 2.86. The van der Waals surface area contributed by atoms with Crippen LogP contribution < -0.4 is 19.5 Å². The summed E-state index contributed by atoms with van der Waals surface area (Å²) in [7, 11) is 4.25. The van der Waals surface area contributed by atoms with Crippen molar-refractivity contribution in [1.82, 2.24) is 4.90 Å². The van der Waals surface area contributed by atoms with E-state index < -0.39 is 18.2 Å². The van der Waals surface area contributed by atoms with Gasteiger partial charge in [0.25, 0.3) is 0 Å². The molecule has 1 aliphatic heterocycles. The molecular weight excluding hydrogens is 341 g/mol. The third kappa shape index (κ3) is 4.21. The number of ether oxygens (including phenoxy) is 3. The van der Waals surface area contributed by atoms with E-state index in [1.807, 2.05) is 0 Å². The lowest BCUT2D eigenvalue weighted by Crippen LogP contribution is -2.52. The zero-order chi connectivity index (χ0) is 18.6. The Hall–Kier alpha value is -2.32. The molecule has 1 fully saturated rings. The van der Waals surface area contributed by atoms with Crippen molar-refractivity contribution in [3.8, 4) is 17.2 Å². The number of rotatable bonds is 4. The zero-order valence-corrected chi connectivity index (χ0v) is 14.3. The minimum atomic E-state index is -4.45. The number of halogens is 3. The molecule has 2 amide bonds. The normalized spacial score (nSPS) is 17.8. The molecule has 6 nitrogen and oxygen atoms in total. The summed E-state index contributed by atoms with van der Waals surface area (Å²) >= 11 is 0. The minimum absolute atomic E-state index is 0.0560. The second kappa shape index (κ2) is 7.71. The number of likely N-dealkylation sites (tertiary alicyclic amines) is 1. The van der Waals surface area contributed by atoms with Crippen LogP contribution in [0.1, 0.15) is 19.3 Å². The molecule has 0 spiro atoms. The fourth-order valence-corrected chi connectivity index (χ4v) is 2.86. The van der Waals surface area contributed by atoms with Gasteiger partial charge in [-0.2, -0.15) is 13.2 Å². The van der Waals surface area contributed by atoms with Gasteiger partial charge in [-0.15, -0.1) is 0 Å². The first-order valence-electron chi connectivity index (χ1n) is 7.76. The van der Waals surface area contributed by atoms with Crippen LogP contribution in [0, 0.1) is 0 Å². The molecule has 1 atom stereocenters. The van der Waals surface area contributed by atoms with Crippen molar-refractivity contribution in [3.63, 3.8) is 0 Å². The number of benzene rings is 1. The molecule has 2 rings (SSSR count). The minimum Gasteiger partial charge on any atom is -0.493 e. The lowest BCUT2D eigenvalue weighted by atomic mass is 10.0. The molecule has 1 aromatic rings. The molecule has 0 saturated carbocycles. The van der Waals surface area contributed by atoms with Crippen LogP contribution in [0.25, 0.3) is 0 Å². The maximum Gasteiger partial charge on any atom is 0.408 e. The van der Waals surface area contributed by atoms with E-state index in [1.165, 1.54) is 33.5 Å². The highest BCUT2D eigenvalue weighted by atomic mass is 19.4. The summed E-state index contributed by atoms with van der Waals surface area (Å²) in [5.41, 5.74) is 0.256. The maximum atomic E-state index is 13.1. The molecular formula is C16H21F3N2O4. The number of urea groups is 1. The molecule has 140 valence electrons. The first-order valence-corrected chi connectivity index (χ1v) is 7.76. The van der Waals surface area contributed by atoms with E-state index in [-0.39, 0.29) is 18.7 Å². The summed E-state index contributed by atoms with van der Waals surface area (Å²) in [6.45, 7) is 0.0560. The van der Waals surface area contributed by atoms with Crippen LogP contribution >= 0.6 is 0 Å². The van der Waals surface area contributed by atoms with Gasteiger partial charge in [-0.3, -0.25) is 0 Å². The van der Waals surface area contributed by atoms with Crippen LogP contribution in [-0.2, 0) is 0 Å². The predicted octanol–water partition coefficient (Wildman–Crippen LogP) is 3.66. The highest BCUT2D eigenvalue weighted by molar-refractivity contribution is 5.90. The number of piperidine rings is 1. The summed E-state index contributed by atoms with van der Waals surface area (Å²) in [4.78, 5) is 13.2. The second-order valence-electron chi connectivity index (χ2n) is 5.59. The lowest BCUT2D eigenvalue weighted by molar-refractivity contribution is -0.181. The summed E-state index contributed by atoms with van der Waals surface area (Å²) in [5.74, 6) is 0.917. The molecule has 1 unspecified atom stereocenters. The average molecular weight is 362 g/mol. The van der Waals surface area contributed by atoms with Crippen molar-refractivity contribution in [2.45, 2.75) is 31.5 Å². The van der Waals surface area contributed by atoms with E-state index in [1.54, 1.807) is 0 Å². The van der Waals surface area contributed by atoms with Gasteiger partial charge in [0, 0.05) is 18.7 Å². The second-order valence-corrected chi connectivity index (χ2v) is 5.59. The molecule has 1 saturated heterocycles. The van der Waals surface area contributed by atoms with Gasteiger partial charge < -0.3 is 24.4 Å². The van der Waals surface area contributed by atoms with Gasteiger partial charge in [0.1, 0.15) is 6.04 Å². The number of hydrogen-bond donors (Lipinski definition) is 1. The summed E-state index contributed by atoms with van der Waals surface area (Å²) < 4.78 is 55.0. The van der Waals surface area contributed by atoms with Crippen LogP contribution in [-0.4, -0.2) is 51.0 Å². The van der Waals surface area contributed by atoms with Gasteiger partial charge in [-0.25, -0.2) is 4.79 Å². The molecule has 0 aromatic heterocycles. The number of amides is 2. The summed E-state index contributed by atoms with van der Waals surface area (Å²) in [6.07, 6.45) is -3.56. The van der Waals surface area contributed by atoms with Crippen molar-refractivity contribution >= 4 is 11.7 Å². The predicted molar refractivity (Wildman–Crippen MR) is 85.5 cm³/mol. The number of nitrogens with zero attached hydrogens (tertiary/aromatic N) is 1. The van der Waals surface area contributed by atoms with E-state index in [2.05, 4.69) is 5.32 Å². The number of alkyl halides is 3. The Morgan fingerprint density at radius 1 is 1.12 bits per heavy atom. The topological polar surface area (TPSA) is 60.0 Å². The van der Waals surface area contributed by atoms with Crippen molar-refractivity contribution < 1.29 is 32.2 Å². The average Bonchev–Trinajstić information content (AvgIpc) is 2.59. The van der Waals surface area contributed by atoms with Gasteiger partial charge in [0.05, 0.1) is 27.0 Å². The van der Waals surface area contributed by atoms with Crippen LogP contribution in [0.5, 0.6) is 17.2 Å². The lowest BCUT2D eigenvalue weighted by Gasteiger charge is -2.36. The van der Waals surface area contributed by atoms with Crippen LogP contribution in [0.3, 0.4) is 0 Å². The van der Waals surface area contributed by atoms with E-state index in [9.17, 15) is 18.0 Å². The third-order valence-corrected chi connectivity index (χ3v) is 4.06. The highest BCUT2D eigenvalue weighted by Crippen LogP contribution is 2.40. The number of hydrogen-bond acceptors (Lipinski definition) is 4. The largest absolute Gasteiger partial charge is 0.493 e. The smallest absolute Gasteiger partial charge is 0.408 e. The Morgan fingerprint density at radius 3 is 2.20 bits per heavy atom. The Balaban J connectivity index is 2.24. The van der Waals surface area contributed by atoms with Gasteiger partial charge in [0.15, 0.2) is 11.5 Å². The summed E-state index contributed by atoms with van der Waals surface area (Å²) in [6, 6.07) is 0.344. The van der Waals surface area contributed by atoms with Crippen molar-refractivity contribution in [3.05, 3.63) is 12.1 Å². The molecule has 1 heterocycles. The van der Waals surface area contributed by atoms with Crippen molar-refractivity contribution in [2.75, 3.05) is 33.2 Å². The molecule has 25 heavy (non-hydrogen) atoms. The van der Waals surface area contributed by atoms with Gasteiger partial charge in [-0.1, -0.05) is 0 Å². The van der Waals surface area contributed by atoms with E-state index in [0.29, 0.717) is 30.1 Å². The number of nitrogens with one attached hydrogen (secondary N) is 1. The summed E-state index contributed by atoms with van der Waals surface area (Å²) in [5, 5.41) is 2.49. The molecule has 1 aromatic carbocycles. The van der Waals surface area contributed by atoms with Crippen LogP contribution in [0.4, 0.5) is 23.7 Å². The van der Waals surface area contributed by atoms with Crippen molar-refractivity contribution in [2.24, 2.45) is 0 Å². The van der Waals surface area contributed by atoms with Crippen LogP contribution in [0.15, 0.2) is 12.1 Å². The number of anilines is 1. The van der Waals surface area contributed by atoms with Crippen molar-refractivity contribution in [1.29, 1.82) is 0 Å².